The molecule has 24 heavy (non-hydrogen) atoms. The maximum absolute atomic E-state index is 5.65. The second-order valence-electron chi connectivity index (χ2n) is 5.12. The van der Waals surface area contributed by atoms with E-state index in [1.165, 1.54) is 0 Å². The molecule has 0 radical (unpaired) electrons. The Kier molecular flexibility index (Phi) is 9.98. The van der Waals surface area contributed by atoms with Gasteiger partial charge >= 0.3 is 0 Å². The van der Waals surface area contributed by atoms with Gasteiger partial charge in [0.05, 0.1) is 26.0 Å². The van der Waals surface area contributed by atoms with Crippen LogP contribution in [0.5, 0.6) is 5.75 Å². The summed E-state index contributed by atoms with van der Waals surface area (Å²) in [6.07, 6.45) is 2.67. The third-order valence-corrected chi connectivity index (χ3v) is 3.15. The summed E-state index contributed by atoms with van der Waals surface area (Å²) >= 11 is 0. The molecule has 2 N–H and O–H groups in total. The summed E-state index contributed by atoms with van der Waals surface area (Å²) in [5.41, 5.74) is 1.12. The molecule has 0 unspecified atom stereocenters. The highest BCUT2D eigenvalue weighted by Gasteiger charge is 2.01. The number of benzene rings is 1. The van der Waals surface area contributed by atoms with Crippen molar-refractivity contribution >= 4 is 29.9 Å². The molecule has 1 aromatic heterocycles. The van der Waals surface area contributed by atoms with Crippen LogP contribution in [-0.2, 0) is 13.1 Å². The Hall–Kier alpha value is -1.70. The van der Waals surface area contributed by atoms with E-state index in [-0.39, 0.29) is 24.0 Å². The average molecular weight is 443 g/mol. The van der Waals surface area contributed by atoms with Crippen LogP contribution in [0.4, 0.5) is 0 Å². The predicted octanol–water partition coefficient (Wildman–Crippen LogP) is 3.94. The van der Waals surface area contributed by atoms with Gasteiger partial charge in [-0.2, -0.15) is 0 Å². The molecule has 0 atom stereocenters. The van der Waals surface area contributed by atoms with E-state index in [0.29, 0.717) is 13.1 Å². The molecule has 0 aliphatic rings. The van der Waals surface area contributed by atoms with E-state index in [0.717, 1.165) is 42.6 Å². The molecule has 6 heteroatoms. The molecule has 2 aromatic rings. The number of furan rings is 1. The Morgan fingerprint density at radius 2 is 2.04 bits per heavy atom. The SMILES string of the molecule is CCCOc1cccc(CN=C(NCC)NCc2ccco2)c1.I. The van der Waals surface area contributed by atoms with Crippen LogP contribution in [0.25, 0.3) is 0 Å². The zero-order chi connectivity index (χ0) is 16.3. The Bertz CT molecular complexity index is 600. The quantitative estimate of drug-likeness (QED) is 0.369. The van der Waals surface area contributed by atoms with Crippen LogP contribution in [-0.4, -0.2) is 19.1 Å². The Labute approximate surface area is 160 Å². The van der Waals surface area contributed by atoms with Crippen molar-refractivity contribution in [2.24, 2.45) is 4.99 Å². The highest BCUT2D eigenvalue weighted by atomic mass is 127. The van der Waals surface area contributed by atoms with E-state index in [9.17, 15) is 0 Å². The third-order valence-electron chi connectivity index (χ3n) is 3.15. The zero-order valence-electron chi connectivity index (χ0n) is 14.2. The number of rotatable bonds is 8. The van der Waals surface area contributed by atoms with Crippen molar-refractivity contribution in [2.45, 2.75) is 33.4 Å². The van der Waals surface area contributed by atoms with Crippen molar-refractivity contribution in [3.05, 3.63) is 54.0 Å². The fraction of sp³-hybridized carbons (Fsp3) is 0.389. The van der Waals surface area contributed by atoms with Crippen LogP contribution < -0.4 is 15.4 Å². The van der Waals surface area contributed by atoms with Gasteiger partial charge in [0, 0.05) is 6.54 Å². The Morgan fingerprint density at radius 3 is 2.75 bits per heavy atom. The molecule has 1 heterocycles. The fourth-order valence-corrected chi connectivity index (χ4v) is 2.05. The minimum Gasteiger partial charge on any atom is -0.494 e. The summed E-state index contributed by atoms with van der Waals surface area (Å²) in [7, 11) is 0. The van der Waals surface area contributed by atoms with Gasteiger partial charge in [-0.3, -0.25) is 0 Å². The average Bonchev–Trinajstić information content (AvgIpc) is 3.09. The van der Waals surface area contributed by atoms with E-state index < -0.39 is 0 Å². The standard InChI is InChI=1S/C18H25N3O2.HI/c1-3-10-22-16-8-5-7-15(12-16)13-20-18(19-4-2)21-14-17-9-6-11-23-17;/h5-9,11-12H,3-4,10,13-14H2,1-2H3,(H2,19,20,21);1H. The van der Waals surface area contributed by atoms with Gasteiger partial charge in [-0.25, -0.2) is 4.99 Å². The highest BCUT2D eigenvalue weighted by Crippen LogP contribution is 2.14. The first-order valence-electron chi connectivity index (χ1n) is 8.08. The minimum atomic E-state index is 0. The summed E-state index contributed by atoms with van der Waals surface area (Å²) < 4.78 is 11.0. The smallest absolute Gasteiger partial charge is 0.191 e. The van der Waals surface area contributed by atoms with Gasteiger partial charge in [-0.15, -0.1) is 24.0 Å². The van der Waals surface area contributed by atoms with Gasteiger partial charge in [-0.05, 0) is 43.2 Å². The van der Waals surface area contributed by atoms with E-state index in [1.807, 2.05) is 37.3 Å². The number of aliphatic imine (C=N–C) groups is 1. The summed E-state index contributed by atoms with van der Waals surface area (Å²) in [6, 6.07) is 11.9. The summed E-state index contributed by atoms with van der Waals surface area (Å²) in [6.45, 7) is 6.89. The van der Waals surface area contributed by atoms with Gasteiger partial charge in [0.25, 0.3) is 0 Å². The van der Waals surface area contributed by atoms with Gasteiger partial charge in [-0.1, -0.05) is 19.1 Å². The first-order chi connectivity index (χ1) is 11.3. The Balaban J connectivity index is 0.00000288. The lowest BCUT2D eigenvalue weighted by Gasteiger charge is -2.10. The van der Waals surface area contributed by atoms with Crippen molar-refractivity contribution in [1.29, 1.82) is 0 Å². The summed E-state index contributed by atoms with van der Waals surface area (Å²) in [4.78, 5) is 4.60. The molecule has 132 valence electrons. The molecular weight excluding hydrogens is 417 g/mol. The lowest BCUT2D eigenvalue weighted by atomic mass is 10.2. The molecule has 0 spiro atoms. The normalized spacial score (nSPS) is 10.8. The monoisotopic (exact) mass is 443 g/mol. The topological polar surface area (TPSA) is 58.8 Å². The number of guanidine groups is 1. The summed E-state index contributed by atoms with van der Waals surface area (Å²) in [5, 5.41) is 6.49. The molecule has 0 saturated heterocycles. The number of halogens is 1. The molecule has 1 aromatic carbocycles. The van der Waals surface area contributed by atoms with Crippen molar-refractivity contribution in [2.75, 3.05) is 13.2 Å². The van der Waals surface area contributed by atoms with Crippen molar-refractivity contribution < 1.29 is 9.15 Å². The van der Waals surface area contributed by atoms with Crippen molar-refractivity contribution in [3.63, 3.8) is 0 Å². The molecular formula is C18H26IN3O2. The van der Waals surface area contributed by atoms with Crippen LogP contribution in [0.1, 0.15) is 31.6 Å². The number of nitrogens with zero attached hydrogens (tertiary/aromatic N) is 1. The van der Waals surface area contributed by atoms with E-state index >= 15 is 0 Å². The maximum Gasteiger partial charge on any atom is 0.191 e. The lowest BCUT2D eigenvalue weighted by Crippen LogP contribution is -2.36. The van der Waals surface area contributed by atoms with Crippen LogP contribution in [0.3, 0.4) is 0 Å². The van der Waals surface area contributed by atoms with Gasteiger partial charge in [0.15, 0.2) is 5.96 Å². The van der Waals surface area contributed by atoms with Crippen LogP contribution in [0.2, 0.25) is 0 Å². The molecule has 2 rings (SSSR count). The fourth-order valence-electron chi connectivity index (χ4n) is 2.05. The van der Waals surface area contributed by atoms with Gasteiger partial charge < -0.3 is 19.8 Å². The van der Waals surface area contributed by atoms with Gasteiger partial charge in [0.1, 0.15) is 11.5 Å². The maximum atomic E-state index is 5.65. The molecule has 0 bridgehead atoms. The molecule has 0 fully saturated rings. The third kappa shape index (κ3) is 7.25. The second-order valence-corrected chi connectivity index (χ2v) is 5.12. The summed E-state index contributed by atoms with van der Waals surface area (Å²) in [5.74, 6) is 2.54. The number of hydrogen-bond acceptors (Lipinski definition) is 3. The molecule has 0 aliphatic heterocycles. The first-order valence-corrected chi connectivity index (χ1v) is 8.08. The number of ether oxygens (including phenoxy) is 1. The zero-order valence-corrected chi connectivity index (χ0v) is 16.6. The first kappa shape index (κ1) is 20.3. The molecule has 0 saturated carbocycles. The van der Waals surface area contributed by atoms with Crippen LogP contribution in [0, 0.1) is 0 Å². The minimum absolute atomic E-state index is 0. The Morgan fingerprint density at radius 1 is 1.17 bits per heavy atom. The van der Waals surface area contributed by atoms with Gasteiger partial charge in [0.2, 0.25) is 0 Å². The van der Waals surface area contributed by atoms with Crippen molar-refractivity contribution in [1.82, 2.24) is 10.6 Å². The predicted molar refractivity (Wildman–Crippen MR) is 108 cm³/mol. The van der Waals surface area contributed by atoms with E-state index in [4.69, 9.17) is 9.15 Å². The van der Waals surface area contributed by atoms with Crippen LogP contribution >= 0.6 is 24.0 Å². The van der Waals surface area contributed by atoms with Crippen LogP contribution in [0.15, 0.2) is 52.1 Å². The van der Waals surface area contributed by atoms with E-state index in [2.05, 4.69) is 28.6 Å². The molecule has 0 amide bonds. The second kappa shape index (κ2) is 11.8. The lowest BCUT2D eigenvalue weighted by molar-refractivity contribution is 0.317. The molecule has 0 aliphatic carbocycles. The number of hydrogen-bond donors (Lipinski definition) is 2. The molecule has 5 nitrogen and oxygen atoms in total. The largest absolute Gasteiger partial charge is 0.494 e. The van der Waals surface area contributed by atoms with E-state index in [1.54, 1.807) is 6.26 Å². The number of nitrogens with one attached hydrogen (secondary N) is 2. The van der Waals surface area contributed by atoms with Crippen molar-refractivity contribution in [3.8, 4) is 5.75 Å². The highest BCUT2D eigenvalue weighted by molar-refractivity contribution is 14.0.